The van der Waals surface area contributed by atoms with Gasteiger partial charge in [-0.15, -0.1) is 11.3 Å². The summed E-state index contributed by atoms with van der Waals surface area (Å²) < 4.78 is 0. The molecule has 0 spiro atoms. The zero-order valence-electron chi connectivity index (χ0n) is 11.3. The van der Waals surface area contributed by atoms with Gasteiger partial charge in [-0.3, -0.25) is 9.69 Å². The van der Waals surface area contributed by atoms with Crippen molar-refractivity contribution >= 4 is 17.2 Å². The van der Waals surface area contributed by atoms with Crippen LogP contribution in [0.4, 0.5) is 0 Å². The van der Waals surface area contributed by atoms with Gasteiger partial charge in [0.15, 0.2) is 0 Å². The van der Waals surface area contributed by atoms with Gasteiger partial charge in [-0.1, -0.05) is 0 Å². The van der Waals surface area contributed by atoms with Crippen molar-refractivity contribution in [1.29, 1.82) is 0 Å². The maximum Gasteiger partial charge on any atom is 0.222 e. The zero-order valence-corrected chi connectivity index (χ0v) is 12.2. The summed E-state index contributed by atoms with van der Waals surface area (Å²) in [5.74, 6) is 0.165. The van der Waals surface area contributed by atoms with Crippen molar-refractivity contribution in [2.45, 2.75) is 26.3 Å². The molecular weight excluding hydrogens is 262 g/mol. The number of carbonyl (C=O) groups excluding carboxylic acids is 1. The summed E-state index contributed by atoms with van der Waals surface area (Å²) in [5.41, 5.74) is 1.13. The summed E-state index contributed by atoms with van der Waals surface area (Å²) in [6.45, 7) is 6.37. The number of piperazine rings is 1. The van der Waals surface area contributed by atoms with Crippen LogP contribution in [0.15, 0.2) is 5.38 Å². The number of hydrogen-bond donors (Lipinski definition) is 1. The van der Waals surface area contributed by atoms with Crippen molar-refractivity contribution in [3.05, 3.63) is 16.1 Å². The third-order valence-corrected chi connectivity index (χ3v) is 4.15. The number of hydrogen-bond acceptors (Lipinski definition) is 5. The Morgan fingerprint density at radius 2 is 2.16 bits per heavy atom. The number of thiazole rings is 1. The lowest BCUT2D eigenvalue weighted by atomic mass is 10.2. The van der Waals surface area contributed by atoms with Gasteiger partial charge in [0.25, 0.3) is 0 Å². The first-order valence-corrected chi connectivity index (χ1v) is 7.59. The lowest BCUT2D eigenvalue weighted by molar-refractivity contribution is -0.133. The Morgan fingerprint density at radius 3 is 2.74 bits per heavy atom. The standard InChI is InChI=1S/C13H21N3O2S/c1-11-14-12(10-19-11)9-15-4-6-16(7-5-15)13(18)3-2-8-17/h10,17H,2-9H2,1H3. The van der Waals surface area contributed by atoms with Crippen molar-refractivity contribution in [2.75, 3.05) is 32.8 Å². The van der Waals surface area contributed by atoms with E-state index in [0.29, 0.717) is 12.8 Å². The van der Waals surface area contributed by atoms with E-state index in [9.17, 15) is 4.79 Å². The van der Waals surface area contributed by atoms with E-state index in [1.807, 2.05) is 11.8 Å². The summed E-state index contributed by atoms with van der Waals surface area (Å²) in [7, 11) is 0. The quantitative estimate of drug-likeness (QED) is 0.871. The van der Waals surface area contributed by atoms with Crippen LogP contribution >= 0.6 is 11.3 Å². The highest BCUT2D eigenvalue weighted by Gasteiger charge is 2.20. The molecule has 2 rings (SSSR count). The van der Waals surface area contributed by atoms with E-state index in [4.69, 9.17) is 5.11 Å². The van der Waals surface area contributed by atoms with Crippen molar-refractivity contribution in [3.8, 4) is 0 Å². The highest BCUT2D eigenvalue weighted by Crippen LogP contribution is 2.12. The highest BCUT2D eigenvalue weighted by molar-refractivity contribution is 7.09. The monoisotopic (exact) mass is 283 g/mol. The normalized spacial score (nSPS) is 16.8. The van der Waals surface area contributed by atoms with Gasteiger partial charge in [0.1, 0.15) is 0 Å². The lowest BCUT2D eigenvalue weighted by Crippen LogP contribution is -2.48. The fourth-order valence-electron chi connectivity index (χ4n) is 2.25. The van der Waals surface area contributed by atoms with Crippen LogP contribution in [0.25, 0.3) is 0 Å². The molecule has 0 atom stereocenters. The van der Waals surface area contributed by atoms with Gasteiger partial charge >= 0.3 is 0 Å². The van der Waals surface area contributed by atoms with Crippen molar-refractivity contribution in [2.24, 2.45) is 0 Å². The van der Waals surface area contributed by atoms with E-state index >= 15 is 0 Å². The molecule has 1 aromatic rings. The van der Waals surface area contributed by atoms with Gasteiger partial charge in [0.2, 0.25) is 5.91 Å². The Morgan fingerprint density at radius 1 is 1.42 bits per heavy atom. The van der Waals surface area contributed by atoms with E-state index in [0.717, 1.165) is 43.4 Å². The summed E-state index contributed by atoms with van der Waals surface area (Å²) in [6.07, 6.45) is 1.03. The zero-order chi connectivity index (χ0) is 13.7. The van der Waals surface area contributed by atoms with E-state index in [2.05, 4.69) is 15.3 Å². The molecule has 1 N–H and O–H groups in total. The minimum Gasteiger partial charge on any atom is -0.396 e. The van der Waals surface area contributed by atoms with Crippen molar-refractivity contribution in [3.63, 3.8) is 0 Å². The molecule has 19 heavy (non-hydrogen) atoms. The molecule has 1 amide bonds. The molecule has 6 heteroatoms. The topological polar surface area (TPSA) is 56.7 Å². The van der Waals surface area contributed by atoms with Gasteiger partial charge in [0.05, 0.1) is 10.7 Å². The molecule has 0 aliphatic carbocycles. The lowest BCUT2D eigenvalue weighted by Gasteiger charge is -2.34. The highest BCUT2D eigenvalue weighted by atomic mass is 32.1. The van der Waals surface area contributed by atoms with E-state index in [1.165, 1.54) is 0 Å². The fourth-order valence-corrected chi connectivity index (χ4v) is 2.86. The van der Waals surface area contributed by atoms with Crippen LogP contribution in [0.1, 0.15) is 23.5 Å². The molecule has 0 radical (unpaired) electrons. The number of aromatic nitrogens is 1. The van der Waals surface area contributed by atoms with Crippen LogP contribution in [0.3, 0.4) is 0 Å². The number of nitrogens with zero attached hydrogens (tertiary/aromatic N) is 3. The van der Waals surface area contributed by atoms with Crippen molar-refractivity contribution in [1.82, 2.24) is 14.8 Å². The molecule has 1 aliphatic heterocycles. The van der Waals surface area contributed by atoms with Crippen LogP contribution in [-0.4, -0.2) is 58.6 Å². The number of amides is 1. The van der Waals surface area contributed by atoms with Gasteiger partial charge in [-0.2, -0.15) is 0 Å². The van der Waals surface area contributed by atoms with Crippen molar-refractivity contribution < 1.29 is 9.90 Å². The molecule has 1 aliphatic rings. The molecule has 0 unspecified atom stereocenters. The van der Waals surface area contributed by atoms with Crippen LogP contribution in [-0.2, 0) is 11.3 Å². The maximum atomic E-state index is 11.8. The molecule has 1 fully saturated rings. The number of rotatable bonds is 5. The number of carbonyl (C=O) groups is 1. The first kappa shape index (κ1) is 14.4. The molecule has 1 aromatic heterocycles. The SMILES string of the molecule is Cc1nc(CN2CCN(C(=O)CCCO)CC2)cs1. The average Bonchev–Trinajstić information content (AvgIpc) is 2.82. The average molecular weight is 283 g/mol. The second kappa shape index (κ2) is 6.98. The number of aliphatic hydroxyl groups is 1. The molecule has 106 valence electrons. The largest absolute Gasteiger partial charge is 0.396 e. The summed E-state index contributed by atoms with van der Waals surface area (Å²) >= 11 is 1.68. The minimum atomic E-state index is 0.0921. The molecule has 0 aromatic carbocycles. The minimum absolute atomic E-state index is 0.0921. The van der Waals surface area contributed by atoms with E-state index < -0.39 is 0 Å². The second-order valence-corrected chi connectivity index (χ2v) is 5.90. The first-order valence-electron chi connectivity index (χ1n) is 6.71. The predicted molar refractivity (Wildman–Crippen MR) is 75.0 cm³/mol. The molecular formula is C13H21N3O2S. The van der Waals surface area contributed by atoms with Crippen LogP contribution in [0.5, 0.6) is 0 Å². The summed E-state index contributed by atoms with van der Waals surface area (Å²) in [5, 5.41) is 11.9. The van der Waals surface area contributed by atoms with Gasteiger partial charge in [0, 0.05) is 51.1 Å². The third kappa shape index (κ3) is 4.26. The summed E-state index contributed by atoms with van der Waals surface area (Å²) in [6, 6.07) is 0. The Balaban J connectivity index is 1.74. The molecule has 2 heterocycles. The molecule has 5 nitrogen and oxygen atoms in total. The second-order valence-electron chi connectivity index (χ2n) is 4.84. The predicted octanol–water partition coefficient (Wildman–Crippen LogP) is 0.868. The number of aryl methyl sites for hydroxylation is 1. The van der Waals surface area contributed by atoms with Crippen LogP contribution in [0, 0.1) is 6.92 Å². The fraction of sp³-hybridized carbons (Fsp3) is 0.692. The van der Waals surface area contributed by atoms with Crippen LogP contribution < -0.4 is 0 Å². The van der Waals surface area contributed by atoms with Gasteiger partial charge in [-0.25, -0.2) is 4.98 Å². The van der Waals surface area contributed by atoms with E-state index in [-0.39, 0.29) is 12.5 Å². The van der Waals surface area contributed by atoms with Crippen LogP contribution in [0.2, 0.25) is 0 Å². The van der Waals surface area contributed by atoms with Gasteiger partial charge in [-0.05, 0) is 13.3 Å². The summed E-state index contributed by atoms with van der Waals surface area (Å²) in [4.78, 5) is 20.5. The number of aliphatic hydroxyl groups excluding tert-OH is 1. The molecule has 0 bridgehead atoms. The van der Waals surface area contributed by atoms with E-state index in [1.54, 1.807) is 11.3 Å². The Kier molecular flexibility index (Phi) is 5.30. The maximum absolute atomic E-state index is 11.8. The Bertz CT molecular complexity index is 414. The van der Waals surface area contributed by atoms with Gasteiger partial charge < -0.3 is 10.0 Å². The molecule has 0 saturated carbocycles. The molecule has 1 saturated heterocycles. The third-order valence-electron chi connectivity index (χ3n) is 3.33. The first-order chi connectivity index (χ1) is 9.19. The smallest absolute Gasteiger partial charge is 0.222 e. The Hall–Kier alpha value is -0.980. The Labute approximate surface area is 117 Å².